The smallest absolute Gasteiger partial charge is 0.335 e. The minimum atomic E-state index is -0.195. The summed E-state index contributed by atoms with van der Waals surface area (Å²) in [4.78, 5) is 16.6. The average molecular weight is 402 g/mol. The maximum absolute atomic E-state index is 12.1. The van der Waals surface area contributed by atoms with Crippen LogP contribution < -0.4 is 5.32 Å². The molecule has 4 rings (SSSR count). The summed E-state index contributed by atoms with van der Waals surface area (Å²) in [6, 6.07) is 19.0. The Bertz CT molecular complexity index is 1020. The van der Waals surface area contributed by atoms with Crippen molar-refractivity contribution in [2.24, 2.45) is 0 Å². The van der Waals surface area contributed by atoms with Crippen LogP contribution in [-0.4, -0.2) is 22.1 Å². The highest BCUT2D eigenvalue weighted by Gasteiger charge is 2.22. The van der Waals surface area contributed by atoms with E-state index >= 15 is 0 Å². The van der Waals surface area contributed by atoms with Gasteiger partial charge in [0.15, 0.2) is 0 Å². The van der Waals surface area contributed by atoms with Crippen LogP contribution in [0.15, 0.2) is 78.3 Å². The van der Waals surface area contributed by atoms with E-state index in [0.29, 0.717) is 13.2 Å². The van der Waals surface area contributed by atoms with Crippen LogP contribution in [0.1, 0.15) is 37.6 Å². The molecule has 1 aliphatic rings. The highest BCUT2D eigenvalue weighted by molar-refractivity contribution is 5.89. The van der Waals surface area contributed by atoms with Gasteiger partial charge in [-0.25, -0.2) is 9.78 Å². The van der Waals surface area contributed by atoms with E-state index in [2.05, 4.69) is 63.4 Å². The van der Waals surface area contributed by atoms with Crippen molar-refractivity contribution in [1.29, 1.82) is 0 Å². The van der Waals surface area contributed by atoms with Crippen molar-refractivity contribution in [3.05, 3.63) is 89.6 Å². The number of carbonyl (C=O) groups excluding carboxylic acids is 1. The Kier molecular flexibility index (Phi) is 6.28. The Morgan fingerprint density at radius 3 is 2.60 bits per heavy atom. The van der Waals surface area contributed by atoms with Gasteiger partial charge >= 0.3 is 5.97 Å². The lowest BCUT2D eigenvalue weighted by Gasteiger charge is -2.12. The summed E-state index contributed by atoms with van der Waals surface area (Å²) in [6.07, 6.45) is 6.47. The third kappa shape index (κ3) is 4.62. The highest BCUT2D eigenvalue weighted by atomic mass is 16.5. The largest absolute Gasteiger partial charge is 0.463 e. The fourth-order valence-electron chi connectivity index (χ4n) is 3.85. The number of carbonyl (C=O) groups is 1. The van der Waals surface area contributed by atoms with Crippen LogP contribution in [-0.2, 0) is 22.6 Å². The van der Waals surface area contributed by atoms with Crippen molar-refractivity contribution in [1.82, 2.24) is 14.9 Å². The molecule has 0 aliphatic heterocycles. The van der Waals surface area contributed by atoms with Gasteiger partial charge in [0.25, 0.3) is 0 Å². The van der Waals surface area contributed by atoms with Crippen LogP contribution in [0.4, 0.5) is 0 Å². The van der Waals surface area contributed by atoms with Crippen LogP contribution >= 0.6 is 0 Å². The molecule has 1 aliphatic carbocycles. The molecular weight excluding hydrogens is 374 g/mol. The average Bonchev–Trinajstić information content (AvgIpc) is 3.43. The molecule has 2 aromatic carbocycles. The Hall–Kier alpha value is -3.34. The van der Waals surface area contributed by atoms with Crippen molar-refractivity contribution in [2.75, 3.05) is 6.61 Å². The summed E-state index contributed by atoms with van der Waals surface area (Å²) in [7, 11) is 0. The number of rotatable bonds is 8. The molecular formula is C25H27N3O2. The van der Waals surface area contributed by atoms with Crippen molar-refractivity contribution in [3.8, 4) is 11.1 Å². The molecule has 30 heavy (non-hydrogen) atoms. The molecule has 0 unspecified atom stereocenters. The number of hydrogen-bond acceptors (Lipinski definition) is 4. The van der Waals surface area contributed by atoms with E-state index < -0.39 is 0 Å². The fourth-order valence-corrected chi connectivity index (χ4v) is 3.85. The van der Waals surface area contributed by atoms with Crippen molar-refractivity contribution in [2.45, 2.75) is 39.3 Å². The van der Waals surface area contributed by atoms with Gasteiger partial charge in [0, 0.05) is 24.6 Å². The van der Waals surface area contributed by atoms with E-state index in [0.717, 1.165) is 42.9 Å². The van der Waals surface area contributed by atoms with E-state index in [1.807, 2.05) is 25.4 Å². The SMILES string of the molecule is CCOC(=O)C1=C(NCc2nccn2Cc2ccc(-c3ccccc3)cc2)CCC1. The normalized spacial score (nSPS) is 13.5. The molecule has 5 heteroatoms. The zero-order chi connectivity index (χ0) is 20.8. The lowest BCUT2D eigenvalue weighted by molar-refractivity contribution is -0.138. The molecule has 1 aromatic heterocycles. The Morgan fingerprint density at radius 2 is 1.83 bits per heavy atom. The second-order valence-electron chi connectivity index (χ2n) is 7.42. The van der Waals surface area contributed by atoms with Crippen molar-refractivity contribution >= 4 is 5.97 Å². The topological polar surface area (TPSA) is 56.1 Å². The quantitative estimate of drug-likeness (QED) is 0.557. The second kappa shape index (κ2) is 9.44. The third-order valence-electron chi connectivity index (χ3n) is 5.42. The number of imidazole rings is 1. The molecule has 0 amide bonds. The summed E-state index contributed by atoms with van der Waals surface area (Å²) in [5, 5.41) is 3.43. The van der Waals surface area contributed by atoms with Gasteiger partial charge in [0.1, 0.15) is 5.82 Å². The van der Waals surface area contributed by atoms with Gasteiger partial charge in [-0.1, -0.05) is 54.6 Å². The minimum absolute atomic E-state index is 0.195. The standard InChI is InChI=1S/C25H27N3O2/c1-2-30-25(29)22-9-6-10-23(22)27-17-24-26-15-16-28(24)18-19-11-13-21(14-12-19)20-7-4-3-5-8-20/h3-5,7-8,11-16,27H,2,6,9-10,17-18H2,1H3. The van der Waals surface area contributed by atoms with Crippen LogP contribution in [0.5, 0.6) is 0 Å². The van der Waals surface area contributed by atoms with Gasteiger partial charge in [0.2, 0.25) is 0 Å². The molecule has 0 bridgehead atoms. The summed E-state index contributed by atoms with van der Waals surface area (Å²) < 4.78 is 7.32. The lowest BCUT2D eigenvalue weighted by atomic mass is 10.0. The first kappa shape index (κ1) is 20.0. The van der Waals surface area contributed by atoms with Gasteiger partial charge in [-0.2, -0.15) is 0 Å². The molecule has 5 nitrogen and oxygen atoms in total. The van der Waals surface area contributed by atoms with Crippen molar-refractivity contribution in [3.63, 3.8) is 0 Å². The molecule has 0 fully saturated rings. The fraction of sp³-hybridized carbons (Fsp3) is 0.280. The number of hydrogen-bond donors (Lipinski definition) is 1. The number of allylic oxidation sites excluding steroid dienone is 1. The van der Waals surface area contributed by atoms with Gasteiger partial charge in [0.05, 0.1) is 18.7 Å². The number of nitrogens with one attached hydrogen (secondary N) is 1. The third-order valence-corrected chi connectivity index (χ3v) is 5.42. The molecule has 0 spiro atoms. The Labute approximate surface area is 177 Å². The van der Waals surface area contributed by atoms with E-state index in [9.17, 15) is 4.79 Å². The summed E-state index contributed by atoms with van der Waals surface area (Å²) in [6.45, 7) is 3.59. The van der Waals surface area contributed by atoms with Crippen molar-refractivity contribution < 1.29 is 9.53 Å². The monoisotopic (exact) mass is 401 g/mol. The van der Waals surface area contributed by atoms with E-state index in [1.54, 1.807) is 0 Å². The molecule has 1 heterocycles. The number of benzene rings is 2. The number of aromatic nitrogens is 2. The molecule has 0 saturated carbocycles. The molecule has 1 N–H and O–H groups in total. The lowest BCUT2D eigenvalue weighted by Crippen LogP contribution is -2.19. The predicted molar refractivity (Wildman–Crippen MR) is 118 cm³/mol. The predicted octanol–water partition coefficient (Wildman–Crippen LogP) is 4.69. The van der Waals surface area contributed by atoms with Crippen LogP contribution in [0.3, 0.4) is 0 Å². The molecule has 0 radical (unpaired) electrons. The number of esters is 1. The molecule has 3 aromatic rings. The minimum Gasteiger partial charge on any atom is -0.463 e. The summed E-state index contributed by atoms with van der Waals surface area (Å²) >= 11 is 0. The van der Waals surface area contributed by atoms with Gasteiger partial charge in [-0.3, -0.25) is 0 Å². The first-order chi connectivity index (χ1) is 14.7. The molecule has 0 atom stereocenters. The Balaban J connectivity index is 1.41. The van der Waals surface area contributed by atoms with Gasteiger partial charge in [-0.15, -0.1) is 0 Å². The maximum atomic E-state index is 12.1. The number of ether oxygens (including phenoxy) is 1. The van der Waals surface area contributed by atoms with Crippen LogP contribution in [0, 0.1) is 0 Å². The second-order valence-corrected chi connectivity index (χ2v) is 7.42. The van der Waals surface area contributed by atoms with E-state index in [1.165, 1.54) is 16.7 Å². The molecule has 154 valence electrons. The van der Waals surface area contributed by atoms with Crippen LogP contribution in [0.25, 0.3) is 11.1 Å². The first-order valence-corrected chi connectivity index (χ1v) is 10.5. The van der Waals surface area contributed by atoms with Crippen LogP contribution in [0.2, 0.25) is 0 Å². The first-order valence-electron chi connectivity index (χ1n) is 10.5. The summed E-state index contributed by atoms with van der Waals surface area (Å²) in [5.74, 6) is 0.754. The van der Waals surface area contributed by atoms with E-state index in [4.69, 9.17) is 4.74 Å². The molecule has 0 saturated heterocycles. The maximum Gasteiger partial charge on any atom is 0.335 e. The Morgan fingerprint density at radius 1 is 1.07 bits per heavy atom. The zero-order valence-electron chi connectivity index (χ0n) is 17.3. The van der Waals surface area contributed by atoms with Gasteiger partial charge in [-0.05, 0) is 42.9 Å². The zero-order valence-corrected chi connectivity index (χ0v) is 17.3. The highest BCUT2D eigenvalue weighted by Crippen LogP contribution is 2.25. The van der Waals surface area contributed by atoms with E-state index in [-0.39, 0.29) is 5.97 Å². The summed E-state index contributed by atoms with van der Waals surface area (Å²) in [5.41, 5.74) is 5.44. The van der Waals surface area contributed by atoms with Gasteiger partial charge < -0.3 is 14.6 Å². The number of nitrogens with zero attached hydrogens (tertiary/aromatic N) is 2.